The van der Waals surface area contributed by atoms with Crippen LogP contribution in [0.1, 0.15) is 459 Å². The largest absolute Gasteiger partial charge is 2.00 e. The Hall–Kier alpha value is -4.41. The number of aliphatic hydroxyl groups is 1. The Balaban J connectivity index is -0.000000499. The van der Waals surface area contributed by atoms with Crippen LogP contribution >= 0.6 is 0 Å². The van der Waals surface area contributed by atoms with Crippen LogP contribution in [0.4, 0.5) is 0 Å². The van der Waals surface area contributed by atoms with Gasteiger partial charge < -0.3 is 36.3 Å². The van der Waals surface area contributed by atoms with Crippen molar-refractivity contribution < 1.29 is 55.1 Å². The maximum Gasteiger partial charge on any atom is 2.00 e. The number of nitrogens with zero attached hydrogens (tertiary/aromatic N) is 4. The number of carbonyl (C=O) groups excluding carboxylic acids is 2. The van der Waals surface area contributed by atoms with Crippen molar-refractivity contribution in [2.75, 3.05) is 28.2 Å². The molecule has 1 atom stereocenters. The van der Waals surface area contributed by atoms with Gasteiger partial charge in [0.05, 0.1) is 17.0 Å². The summed E-state index contributed by atoms with van der Waals surface area (Å²) in [4.78, 5) is 36.9. The fraction of sp³-hybridized carbons (Fsp3) is 0.734. The van der Waals surface area contributed by atoms with Crippen molar-refractivity contribution in [1.82, 2.24) is 14.4 Å². The van der Waals surface area contributed by atoms with Crippen molar-refractivity contribution in [3.8, 4) is 11.4 Å². The number of unbranched alkanes of at least 4 members (excludes halogenated alkanes) is 32. The fourth-order valence-electron chi connectivity index (χ4n) is 14.3. The van der Waals surface area contributed by atoms with Gasteiger partial charge in [-0.25, -0.2) is 0 Å². The third kappa shape index (κ3) is 78.4. The number of amides is 2. The van der Waals surface area contributed by atoms with E-state index in [1.165, 1.54) is 296 Å². The second-order valence-electron chi connectivity index (χ2n) is 38.6. The zero-order valence-electron chi connectivity index (χ0n) is 85.8. The number of carboxylic acids is 1. The SMILES string of the molecule is CC(=O)O.CC(C)c1cccc(C(C)C)c1-n1[c-][n+](-c2c(C(C)C)cccc2C(C)C)cc1.CC(O[Si](C)(C)C)O[Si](C)(C)C.CCC(C)(C)O.CCCCC/C=C\C/C=C\CCCCCCCCC/C(=C/C(=O)N(C)C)CCCCCCCCC.CCCCC/C=C\C/C=C\CCCCCCCCCC(CCCCCCCCC)CC(=O)N(C)C.[CH3-].[Cu+2]. The quantitative estimate of drug-likeness (QED) is 0.0110. The van der Waals surface area contributed by atoms with Gasteiger partial charge in [-0.1, -0.05) is 360 Å². The number of hydrogen-bond donors (Lipinski definition) is 2. The van der Waals surface area contributed by atoms with Crippen LogP contribution in [0.5, 0.6) is 0 Å². The first-order valence-corrected chi connectivity index (χ1v) is 56.4. The molecular weight excluding hydrogens is 1600 g/mol. The maximum absolute atomic E-state index is 12.3. The third-order valence-corrected chi connectivity index (χ3v) is 23.8. The zero-order valence-corrected chi connectivity index (χ0v) is 88.8. The Morgan fingerprint density at radius 3 is 1.07 bits per heavy atom. The number of rotatable bonds is 62. The van der Waals surface area contributed by atoms with Crippen molar-refractivity contribution in [1.29, 1.82) is 0 Å². The molecule has 0 saturated carbocycles. The van der Waals surface area contributed by atoms with E-state index in [1.807, 2.05) is 48.1 Å². The van der Waals surface area contributed by atoms with E-state index >= 15 is 0 Å². The van der Waals surface area contributed by atoms with E-state index in [2.05, 4.69) is 235 Å². The maximum atomic E-state index is 12.3. The number of aromatic nitrogens is 2. The Morgan fingerprint density at radius 2 is 0.764 bits per heavy atom. The molecule has 0 aliphatic heterocycles. The summed E-state index contributed by atoms with van der Waals surface area (Å²) in [5.41, 5.74) is 8.97. The van der Waals surface area contributed by atoms with Crippen LogP contribution in [-0.4, -0.2) is 99.1 Å². The van der Waals surface area contributed by atoms with Crippen molar-refractivity contribution in [2.24, 2.45) is 5.92 Å². The molecule has 0 bridgehead atoms. The molecule has 717 valence electrons. The molecule has 1 heterocycles. The fourth-order valence-corrected chi connectivity index (χ4v) is 16.5. The monoisotopic (exact) mass is 1800 g/mol. The van der Waals surface area contributed by atoms with E-state index in [0.717, 1.165) is 45.4 Å². The summed E-state index contributed by atoms with van der Waals surface area (Å²) < 4.78 is 15.9. The summed E-state index contributed by atoms with van der Waals surface area (Å²) >= 11 is 0. The number of carbonyl (C=O) groups is 3. The first-order chi connectivity index (χ1) is 57.3. The van der Waals surface area contributed by atoms with Crippen LogP contribution in [0.15, 0.2) is 109 Å². The average Bonchev–Trinajstić information content (AvgIpc) is 1.69. The van der Waals surface area contributed by atoms with Crippen LogP contribution in [0.25, 0.3) is 11.4 Å². The van der Waals surface area contributed by atoms with Gasteiger partial charge in [0.2, 0.25) is 11.8 Å². The third-order valence-electron chi connectivity index (χ3n) is 21.7. The number of para-hydroxylation sites is 2. The summed E-state index contributed by atoms with van der Waals surface area (Å²) in [6.07, 6.45) is 87.7. The molecule has 1 unspecified atom stereocenters. The van der Waals surface area contributed by atoms with Gasteiger partial charge in [-0.3, -0.25) is 23.5 Å². The number of benzene rings is 2. The smallest absolute Gasteiger partial charge is 0.481 e. The minimum absolute atomic E-state index is 0. The van der Waals surface area contributed by atoms with Gasteiger partial charge in [-0.05, 0) is 221 Å². The molecule has 0 saturated heterocycles. The molecule has 3 rings (SSSR count). The summed E-state index contributed by atoms with van der Waals surface area (Å²) in [6.45, 7) is 48.9. The standard InChI is InChI=1S/C33H63NO.C33H61NO.C27H36N2.C8H22O2Si2.C5H12O.C2H4O2.CH3.Cu/c2*1-5-7-9-11-13-14-15-16-17-18-19-20-21-22-24-26-28-30-32(31-33(35)34(3)4)29-27-25-23-12-10-8-6-2;1-18(2)22-11-9-12-23(19(3)4)26(22)28-15-16-29(17-28)27-24(20(5)6)13-10-14-25(27)21(7)8;1-8(9-11(2,3)4)10-12(5,6)7;1-4-5(2,3)6;1-2(3)4;;/h13-14,16-17,32H,5-12,15,18-31H2,1-4H3;13-14,16-17,31H,5-12,15,18-30H2,1-4H3;9-16,18-21H,1-8H3;8H,1-7H3;6H,4H2,1-3H3;1H3,(H,3,4);1H3;/q;;;;;;-1;+2/b14-13-,17-16-;14-13-,17-16-,32-31+;;;;;;. The van der Waals surface area contributed by atoms with Gasteiger partial charge in [0.15, 0.2) is 16.6 Å². The summed E-state index contributed by atoms with van der Waals surface area (Å²) in [5, 5.41) is 16.2. The number of carboxylic acid groups (broad SMARTS) is 1. The number of aliphatic carboxylic acids is 1. The molecule has 0 aliphatic carbocycles. The summed E-state index contributed by atoms with van der Waals surface area (Å²) in [7, 11) is 4.66. The molecule has 2 amide bonds. The van der Waals surface area contributed by atoms with Crippen molar-refractivity contribution in [3.63, 3.8) is 0 Å². The Labute approximate surface area is 777 Å². The normalized spacial score (nSPS) is 12.1. The molecule has 3 aromatic rings. The minimum atomic E-state index is -1.42. The van der Waals surface area contributed by atoms with E-state index in [-0.39, 0.29) is 36.7 Å². The second-order valence-corrected chi connectivity index (χ2v) is 47.6. The molecule has 0 spiro atoms. The minimum Gasteiger partial charge on any atom is -0.481 e. The van der Waals surface area contributed by atoms with Crippen LogP contribution in [0.3, 0.4) is 0 Å². The van der Waals surface area contributed by atoms with E-state index in [4.69, 9.17) is 23.9 Å². The molecule has 1 aromatic heterocycles. The number of hydrogen-bond acceptors (Lipinski definition) is 6. The summed E-state index contributed by atoms with van der Waals surface area (Å²) in [6, 6.07) is 13.4. The van der Waals surface area contributed by atoms with Crippen molar-refractivity contribution >= 4 is 34.4 Å². The predicted octanol–water partition coefficient (Wildman–Crippen LogP) is 33.3. The van der Waals surface area contributed by atoms with Crippen LogP contribution < -0.4 is 4.57 Å². The number of imidazole rings is 1. The van der Waals surface area contributed by atoms with Gasteiger partial charge >= 0.3 is 17.1 Å². The van der Waals surface area contributed by atoms with Crippen LogP contribution in [0, 0.1) is 19.7 Å². The predicted molar refractivity (Wildman–Crippen MR) is 543 cm³/mol. The molecule has 14 heteroatoms. The summed E-state index contributed by atoms with van der Waals surface area (Å²) in [5.74, 6) is 2.07. The van der Waals surface area contributed by atoms with Gasteiger partial charge in [0.1, 0.15) is 6.29 Å². The molecule has 0 aliphatic rings. The molecular formula is C109H201CuN4O7Si2+. The molecule has 2 aromatic carbocycles. The first-order valence-electron chi connectivity index (χ1n) is 49.6. The van der Waals surface area contributed by atoms with Gasteiger partial charge in [0.25, 0.3) is 12.3 Å². The van der Waals surface area contributed by atoms with E-state index in [9.17, 15) is 9.59 Å². The van der Waals surface area contributed by atoms with Gasteiger partial charge in [-0.15, -0.1) is 0 Å². The van der Waals surface area contributed by atoms with Crippen molar-refractivity contribution in [2.45, 2.75) is 488 Å². The second kappa shape index (κ2) is 82.0. The topological polar surface area (TPSA) is 125 Å². The molecule has 1 radical (unpaired) electrons. The van der Waals surface area contributed by atoms with E-state index in [0.29, 0.717) is 35.5 Å². The number of likely N-dealkylation sites (N-methyl/N-ethyl adjacent to an activating group) is 1. The molecule has 0 fully saturated rings. The van der Waals surface area contributed by atoms with E-state index < -0.39 is 28.2 Å². The van der Waals surface area contributed by atoms with E-state index in [1.54, 1.807) is 23.6 Å². The molecule has 11 nitrogen and oxygen atoms in total. The van der Waals surface area contributed by atoms with Gasteiger partial charge in [-0.2, -0.15) is 0 Å². The molecule has 123 heavy (non-hydrogen) atoms. The Kier molecular flexibility index (Phi) is 84.8. The zero-order chi connectivity index (χ0) is 91.7. The van der Waals surface area contributed by atoms with Crippen LogP contribution in [0.2, 0.25) is 39.3 Å². The Bertz CT molecular complexity index is 2950. The van der Waals surface area contributed by atoms with Gasteiger partial charge in [0, 0.05) is 60.0 Å². The average molecular weight is 1800 g/mol. The first kappa shape index (κ1) is 127. The molecule has 2 N–H and O–H groups in total. The number of allylic oxidation sites excluding steroid dienone is 9. The van der Waals surface area contributed by atoms with Crippen LogP contribution in [-0.2, 0) is 40.3 Å². The Morgan fingerprint density at radius 1 is 0.472 bits per heavy atom. The van der Waals surface area contributed by atoms with Crippen molar-refractivity contribution in [3.05, 3.63) is 145 Å².